The van der Waals surface area contributed by atoms with Crippen molar-refractivity contribution in [3.05, 3.63) is 64.1 Å². The fourth-order valence-electron chi connectivity index (χ4n) is 3.35. The van der Waals surface area contributed by atoms with Crippen molar-refractivity contribution in [2.24, 2.45) is 0 Å². The summed E-state index contributed by atoms with van der Waals surface area (Å²) in [5.41, 5.74) is 3.37. The minimum absolute atomic E-state index is 0.197. The van der Waals surface area contributed by atoms with Crippen LogP contribution < -0.4 is 9.47 Å². The molecule has 30 heavy (non-hydrogen) atoms. The van der Waals surface area contributed by atoms with Crippen LogP contribution in [0, 0.1) is 6.92 Å². The van der Waals surface area contributed by atoms with Crippen molar-refractivity contribution in [3.63, 3.8) is 0 Å². The van der Waals surface area contributed by atoms with Gasteiger partial charge in [0, 0.05) is 11.8 Å². The van der Waals surface area contributed by atoms with E-state index < -0.39 is 0 Å². The minimum Gasteiger partial charge on any atom is -0.493 e. The highest BCUT2D eigenvalue weighted by Crippen LogP contribution is 2.38. The van der Waals surface area contributed by atoms with Crippen LogP contribution in [0.15, 0.2) is 47.4 Å². The van der Waals surface area contributed by atoms with E-state index in [1.165, 1.54) is 16.7 Å². The summed E-state index contributed by atoms with van der Waals surface area (Å²) >= 11 is 1.45. The number of benzene rings is 2. The Morgan fingerprint density at radius 1 is 0.933 bits per heavy atom. The first-order valence-electron chi connectivity index (χ1n) is 9.90. The molecule has 0 bridgehead atoms. The van der Waals surface area contributed by atoms with Crippen molar-refractivity contribution in [1.82, 2.24) is 4.90 Å². The van der Waals surface area contributed by atoms with Crippen LogP contribution in [-0.4, -0.2) is 42.7 Å². The van der Waals surface area contributed by atoms with E-state index in [1.807, 2.05) is 63.2 Å². The molecule has 0 aromatic heterocycles. The number of hydrogen-bond donors (Lipinski definition) is 0. The van der Waals surface area contributed by atoms with Gasteiger partial charge in [0.1, 0.15) is 0 Å². The van der Waals surface area contributed by atoms with Crippen LogP contribution in [0.25, 0.3) is 5.57 Å². The maximum Gasteiger partial charge on any atom is 0.268 e. The van der Waals surface area contributed by atoms with Gasteiger partial charge in [0.05, 0.1) is 24.7 Å². The number of imide groups is 1. The minimum atomic E-state index is -0.229. The molecule has 5 nitrogen and oxygen atoms in total. The normalized spacial score (nSPS) is 14.1. The summed E-state index contributed by atoms with van der Waals surface area (Å²) in [6.07, 6.45) is 0.540. The number of methoxy groups -OCH3 is 2. The van der Waals surface area contributed by atoms with Crippen LogP contribution in [-0.2, 0) is 16.0 Å². The van der Waals surface area contributed by atoms with Gasteiger partial charge in [-0.1, -0.05) is 49.7 Å². The number of carbonyl (C=O) groups is 2. The van der Waals surface area contributed by atoms with E-state index in [0.29, 0.717) is 34.9 Å². The molecular weight excluding hydrogens is 398 g/mol. The Bertz CT molecular complexity index is 979. The van der Waals surface area contributed by atoms with Crippen LogP contribution in [0.3, 0.4) is 0 Å². The Kier molecular flexibility index (Phi) is 6.87. The van der Waals surface area contributed by atoms with Crippen molar-refractivity contribution in [2.75, 3.05) is 20.8 Å². The van der Waals surface area contributed by atoms with Gasteiger partial charge in [0.15, 0.2) is 11.5 Å². The number of nitrogens with zero attached hydrogens (tertiary/aromatic N) is 1. The highest BCUT2D eigenvalue weighted by Gasteiger charge is 2.39. The Morgan fingerprint density at radius 3 is 2.20 bits per heavy atom. The van der Waals surface area contributed by atoms with Gasteiger partial charge in [-0.25, -0.2) is 0 Å². The molecule has 0 spiro atoms. The molecule has 2 amide bonds. The molecule has 3 rings (SSSR count). The second-order valence-electron chi connectivity index (χ2n) is 7.44. The lowest BCUT2D eigenvalue weighted by Gasteiger charge is -2.16. The quantitative estimate of drug-likeness (QED) is 0.584. The second-order valence-corrected chi connectivity index (χ2v) is 9.02. The molecule has 0 aliphatic carbocycles. The SMILES string of the molecule is COc1ccc(CCN2C(=O)C(SC(C)C)=C(c3ccc(C)cc3)C2=O)cc1OC. The molecule has 0 saturated heterocycles. The second kappa shape index (κ2) is 9.39. The summed E-state index contributed by atoms with van der Waals surface area (Å²) in [5.74, 6) is 0.833. The zero-order valence-corrected chi connectivity index (χ0v) is 18.8. The number of amides is 2. The molecule has 0 unspecified atom stereocenters. The van der Waals surface area contributed by atoms with E-state index in [4.69, 9.17) is 9.47 Å². The zero-order chi connectivity index (χ0) is 21.8. The van der Waals surface area contributed by atoms with Crippen LogP contribution in [0.2, 0.25) is 0 Å². The van der Waals surface area contributed by atoms with Crippen molar-refractivity contribution in [2.45, 2.75) is 32.4 Å². The lowest BCUT2D eigenvalue weighted by molar-refractivity contribution is -0.136. The zero-order valence-electron chi connectivity index (χ0n) is 18.0. The summed E-state index contributed by atoms with van der Waals surface area (Å²) < 4.78 is 10.6. The molecule has 0 atom stereocenters. The van der Waals surface area contributed by atoms with Gasteiger partial charge in [-0.15, -0.1) is 11.8 Å². The summed E-state index contributed by atoms with van der Waals surface area (Å²) in [7, 11) is 3.17. The number of rotatable bonds is 8. The Morgan fingerprint density at radius 2 is 1.60 bits per heavy atom. The van der Waals surface area contributed by atoms with Crippen molar-refractivity contribution in [1.29, 1.82) is 0 Å². The Labute approximate surface area is 182 Å². The van der Waals surface area contributed by atoms with Gasteiger partial charge in [0.25, 0.3) is 11.8 Å². The number of hydrogen-bond acceptors (Lipinski definition) is 5. The van der Waals surface area contributed by atoms with Gasteiger partial charge in [-0.3, -0.25) is 14.5 Å². The fraction of sp³-hybridized carbons (Fsp3) is 0.333. The van der Waals surface area contributed by atoms with Gasteiger partial charge in [-0.2, -0.15) is 0 Å². The van der Waals surface area contributed by atoms with Gasteiger partial charge >= 0.3 is 0 Å². The molecule has 1 aliphatic heterocycles. The summed E-state index contributed by atoms with van der Waals surface area (Å²) in [6.45, 7) is 6.35. The molecule has 1 heterocycles. The van der Waals surface area contributed by atoms with E-state index in [0.717, 1.165) is 16.7 Å². The standard InChI is InChI=1S/C24H27NO4S/c1-15(2)30-22-21(18-9-6-16(3)7-10-18)23(26)25(24(22)27)13-12-17-8-11-19(28-4)20(14-17)29-5/h6-11,14-15H,12-13H2,1-5H3. The van der Waals surface area contributed by atoms with Gasteiger partial charge < -0.3 is 9.47 Å². The number of ether oxygens (including phenoxy) is 2. The molecule has 6 heteroatoms. The lowest BCUT2D eigenvalue weighted by Crippen LogP contribution is -2.33. The first-order valence-corrected chi connectivity index (χ1v) is 10.8. The maximum atomic E-state index is 13.2. The molecule has 1 aliphatic rings. The van der Waals surface area contributed by atoms with E-state index in [-0.39, 0.29) is 17.1 Å². The third-order valence-corrected chi connectivity index (χ3v) is 5.98. The average Bonchev–Trinajstić information content (AvgIpc) is 2.95. The third-order valence-electron chi connectivity index (χ3n) is 4.89. The number of carbonyl (C=O) groups excluding carboxylic acids is 2. The Balaban J connectivity index is 1.85. The molecule has 0 saturated carbocycles. The highest BCUT2D eigenvalue weighted by molar-refractivity contribution is 8.04. The molecule has 0 radical (unpaired) electrons. The molecule has 158 valence electrons. The van der Waals surface area contributed by atoms with Crippen molar-refractivity contribution in [3.8, 4) is 11.5 Å². The molecule has 0 N–H and O–H groups in total. The summed E-state index contributed by atoms with van der Waals surface area (Å²) in [5, 5.41) is 0.197. The molecular formula is C24H27NO4S. The van der Waals surface area contributed by atoms with Crippen molar-refractivity contribution < 1.29 is 19.1 Å². The van der Waals surface area contributed by atoms with E-state index >= 15 is 0 Å². The predicted octanol–water partition coefficient (Wildman–Crippen LogP) is 4.48. The largest absolute Gasteiger partial charge is 0.493 e. The summed E-state index contributed by atoms with van der Waals surface area (Å²) in [4.78, 5) is 28.2. The topological polar surface area (TPSA) is 55.8 Å². The van der Waals surface area contributed by atoms with Crippen LogP contribution in [0.4, 0.5) is 0 Å². The van der Waals surface area contributed by atoms with Crippen molar-refractivity contribution >= 4 is 29.1 Å². The summed E-state index contributed by atoms with van der Waals surface area (Å²) in [6, 6.07) is 13.4. The lowest BCUT2D eigenvalue weighted by atomic mass is 10.0. The molecule has 2 aromatic carbocycles. The predicted molar refractivity (Wildman–Crippen MR) is 121 cm³/mol. The first kappa shape index (κ1) is 22.0. The van der Waals surface area contributed by atoms with Crippen LogP contribution in [0.5, 0.6) is 11.5 Å². The van der Waals surface area contributed by atoms with Crippen LogP contribution >= 0.6 is 11.8 Å². The molecule has 2 aromatic rings. The van der Waals surface area contributed by atoms with Gasteiger partial charge in [0.2, 0.25) is 0 Å². The average molecular weight is 426 g/mol. The van der Waals surface area contributed by atoms with Crippen LogP contribution in [0.1, 0.15) is 30.5 Å². The maximum absolute atomic E-state index is 13.2. The van der Waals surface area contributed by atoms with E-state index in [2.05, 4.69) is 0 Å². The smallest absolute Gasteiger partial charge is 0.268 e. The molecule has 0 fully saturated rings. The number of aryl methyl sites for hydroxylation is 1. The first-order chi connectivity index (χ1) is 14.3. The highest BCUT2D eigenvalue weighted by atomic mass is 32.2. The monoisotopic (exact) mass is 425 g/mol. The van der Waals surface area contributed by atoms with E-state index in [9.17, 15) is 9.59 Å². The van der Waals surface area contributed by atoms with Gasteiger partial charge in [-0.05, 0) is 36.6 Å². The fourth-order valence-corrected chi connectivity index (χ4v) is 4.36. The van der Waals surface area contributed by atoms with E-state index in [1.54, 1.807) is 14.2 Å². The third kappa shape index (κ3) is 4.54. The Hall–Kier alpha value is -2.73. The number of thioether (sulfide) groups is 1.